The summed E-state index contributed by atoms with van der Waals surface area (Å²) in [4.78, 5) is 4.48. The average molecular weight is 277 g/mol. The highest BCUT2D eigenvalue weighted by Crippen LogP contribution is 2.22. The van der Waals surface area contributed by atoms with Gasteiger partial charge in [0.15, 0.2) is 5.82 Å². The van der Waals surface area contributed by atoms with Gasteiger partial charge < -0.3 is 4.57 Å². The topological polar surface area (TPSA) is 41.6 Å². The van der Waals surface area contributed by atoms with Crippen LogP contribution in [-0.4, -0.2) is 9.55 Å². The van der Waals surface area contributed by atoms with Crippen molar-refractivity contribution in [3.8, 4) is 6.07 Å². The second-order valence-electron chi connectivity index (χ2n) is 4.71. The van der Waals surface area contributed by atoms with Gasteiger partial charge in [0, 0.05) is 7.05 Å². The van der Waals surface area contributed by atoms with E-state index < -0.39 is 0 Å². The molecule has 0 saturated carbocycles. The van der Waals surface area contributed by atoms with E-state index in [-0.39, 0.29) is 5.82 Å². The van der Waals surface area contributed by atoms with Crippen LogP contribution in [0.15, 0.2) is 48.5 Å². The minimum atomic E-state index is -0.328. The van der Waals surface area contributed by atoms with Gasteiger partial charge in [0.05, 0.1) is 16.6 Å². The van der Waals surface area contributed by atoms with Crippen molar-refractivity contribution in [3.63, 3.8) is 0 Å². The maximum absolute atomic E-state index is 13.2. The molecule has 3 aromatic rings. The van der Waals surface area contributed by atoms with Gasteiger partial charge in [0.2, 0.25) is 0 Å². The Labute approximate surface area is 121 Å². The van der Waals surface area contributed by atoms with Crippen molar-refractivity contribution in [1.82, 2.24) is 9.55 Å². The first-order valence-electron chi connectivity index (χ1n) is 6.48. The Morgan fingerprint density at radius 1 is 1.24 bits per heavy atom. The first-order valence-corrected chi connectivity index (χ1v) is 6.48. The molecule has 3 rings (SSSR count). The summed E-state index contributed by atoms with van der Waals surface area (Å²) in [6.07, 6.45) is 1.64. The molecule has 0 N–H and O–H groups in total. The molecule has 3 nitrogen and oxygen atoms in total. The molecule has 21 heavy (non-hydrogen) atoms. The lowest BCUT2D eigenvalue weighted by Crippen LogP contribution is -1.96. The van der Waals surface area contributed by atoms with E-state index in [1.54, 1.807) is 18.2 Å². The van der Waals surface area contributed by atoms with Crippen LogP contribution in [0.25, 0.3) is 22.7 Å². The van der Waals surface area contributed by atoms with Crippen LogP contribution in [0, 0.1) is 17.1 Å². The molecule has 2 aromatic carbocycles. The molecule has 0 spiro atoms. The monoisotopic (exact) mass is 277 g/mol. The highest BCUT2D eigenvalue weighted by Gasteiger charge is 2.11. The molecule has 0 unspecified atom stereocenters. The van der Waals surface area contributed by atoms with E-state index in [2.05, 4.69) is 11.1 Å². The Hall–Kier alpha value is -2.93. The molecule has 0 bridgehead atoms. The number of hydrogen-bond donors (Lipinski definition) is 0. The zero-order valence-corrected chi connectivity index (χ0v) is 11.4. The maximum Gasteiger partial charge on any atom is 0.151 e. The molecule has 1 aromatic heterocycles. The van der Waals surface area contributed by atoms with Crippen molar-refractivity contribution in [2.45, 2.75) is 0 Å². The number of aromatic nitrogens is 2. The third-order valence-electron chi connectivity index (χ3n) is 3.31. The molecular formula is C17H12FN3. The molecule has 0 radical (unpaired) electrons. The third kappa shape index (κ3) is 2.41. The van der Waals surface area contributed by atoms with Crippen molar-refractivity contribution in [2.75, 3.05) is 0 Å². The van der Waals surface area contributed by atoms with Gasteiger partial charge in [0.1, 0.15) is 11.9 Å². The molecule has 0 fully saturated rings. The molecule has 0 amide bonds. The van der Waals surface area contributed by atoms with Crippen LogP contribution in [0.1, 0.15) is 11.4 Å². The molecular weight excluding hydrogens is 265 g/mol. The Bertz CT molecular complexity index is 884. The van der Waals surface area contributed by atoms with Crippen LogP contribution in [0.5, 0.6) is 0 Å². The van der Waals surface area contributed by atoms with Crippen LogP contribution >= 0.6 is 0 Å². The summed E-state index contributed by atoms with van der Waals surface area (Å²) in [5, 5.41) is 9.39. The fraction of sp³-hybridized carbons (Fsp3) is 0.0588. The van der Waals surface area contributed by atoms with Crippen LogP contribution in [-0.2, 0) is 7.05 Å². The zero-order valence-electron chi connectivity index (χ0n) is 11.4. The average Bonchev–Trinajstić information content (AvgIpc) is 2.82. The standard InChI is InChI=1S/C17H12FN3/c1-21-16-8-3-2-7-15(16)20-17(21)13(11-19)9-12-5-4-6-14(18)10-12/h2-10H,1H3/b13-9+. The lowest BCUT2D eigenvalue weighted by Gasteiger charge is -2.01. The van der Waals surface area contributed by atoms with E-state index in [1.165, 1.54) is 12.1 Å². The van der Waals surface area contributed by atoms with E-state index in [9.17, 15) is 9.65 Å². The van der Waals surface area contributed by atoms with E-state index in [0.29, 0.717) is 17.0 Å². The third-order valence-corrected chi connectivity index (χ3v) is 3.31. The first kappa shape index (κ1) is 13.1. The Kier molecular flexibility index (Phi) is 3.25. The number of hydrogen-bond acceptors (Lipinski definition) is 2. The molecule has 0 aliphatic rings. The second-order valence-corrected chi connectivity index (χ2v) is 4.71. The van der Waals surface area contributed by atoms with Gasteiger partial charge in [-0.2, -0.15) is 5.26 Å². The van der Waals surface area contributed by atoms with Gasteiger partial charge in [0.25, 0.3) is 0 Å². The highest BCUT2D eigenvalue weighted by atomic mass is 19.1. The van der Waals surface area contributed by atoms with Crippen LogP contribution in [0.4, 0.5) is 4.39 Å². The molecule has 0 aliphatic carbocycles. The normalized spacial score (nSPS) is 11.6. The number of nitriles is 1. The number of para-hydroxylation sites is 2. The summed E-state index contributed by atoms with van der Waals surface area (Å²) in [5.41, 5.74) is 2.82. The first-order chi connectivity index (χ1) is 10.2. The predicted octanol–water partition coefficient (Wildman–Crippen LogP) is 3.78. The summed E-state index contributed by atoms with van der Waals surface area (Å²) in [6.45, 7) is 0. The predicted molar refractivity (Wildman–Crippen MR) is 80.6 cm³/mol. The summed E-state index contributed by atoms with van der Waals surface area (Å²) >= 11 is 0. The minimum Gasteiger partial charge on any atom is -0.327 e. The fourth-order valence-corrected chi connectivity index (χ4v) is 2.30. The SMILES string of the molecule is Cn1c(/C(C#N)=C/c2cccc(F)c2)nc2ccccc21. The van der Waals surface area contributed by atoms with Gasteiger partial charge in [-0.3, -0.25) is 0 Å². The van der Waals surface area contributed by atoms with Crippen molar-refractivity contribution in [2.24, 2.45) is 7.05 Å². The van der Waals surface area contributed by atoms with Crippen LogP contribution in [0.2, 0.25) is 0 Å². The molecule has 0 atom stereocenters. The number of imidazole rings is 1. The van der Waals surface area contributed by atoms with Gasteiger partial charge in [-0.25, -0.2) is 9.37 Å². The zero-order chi connectivity index (χ0) is 14.8. The number of allylic oxidation sites excluding steroid dienone is 1. The summed E-state index contributed by atoms with van der Waals surface area (Å²) < 4.78 is 15.1. The molecule has 0 aliphatic heterocycles. The number of aryl methyl sites for hydroxylation is 1. The molecule has 0 saturated heterocycles. The number of benzene rings is 2. The highest BCUT2D eigenvalue weighted by molar-refractivity contribution is 5.90. The maximum atomic E-state index is 13.2. The fourth-order valence-electron chi connectivity index (χ4n) is 2.30. The van der Waals surface area contributed by atoms with Gasteiger partial charge in [-0.1, -0.05) is 24.3 Å². The van der Waals surface area contributed by atoms with E-state index in [0.717, 1.165) is 11.0 Å². The lowest BCUT2D eigenvalue weighted by atomic mass is 10.1. The second kappa shape index (κ2) is 5.22. The van der Waals surface area contributed by atoms with Crippen molar-refractivity contribution in [3.05, 3.63) is 65.7 Å². The van der Waals surface area contributed by atoms with Crippen molar-refractivity contribution >= 4 is 22.7 Å². The summed E-state index contributed by atoms with van der Waals surface area (Å²) in [5.74, 6) is 0.244. The van der Waals surface area contributed by atoms with E-state index in [4.69, 9.17) is 0 Å². The van der Waals surface area contributed by atoms with Crippen molar-refractivity contribution < 1.29 is 4.39 Å². The van der Waals surface area contributed by atoms with Gasteiger partial charge in [-0.05, 0) is 35.9 Å². The van der Waals surface area contributed by atoms with E-state index in [1.807, 2.05) is 35.9 Å². The largest absolute Gasteiger partial charge is 0.327 e. The van der Waals surface area contributed by atoms with Crippen LogP contribution < -0.4 is 0 Å². The molecule has 4 heteroatoms. The lowest BCUT2D eigenvalue weighted by molar-refractivity contribution is 0.627. The Morgan fingerprint density at radius 2 is 2.05 bits per heavy atom. The quantitative estimate of drug-likeness (QED) is 0.669. The number of rotatable bonds is 2. The Morgan fingerprint density at radius 3 is 2.76 bits per heavy atom. The molecule has 1 heterocycles. The Balaban J connectivity index is 2.15. The van der Waals surface area contributed by atoms with Gasteiger partial charge in [-0.15, -0.1) is 0 Å². The number of nitrogens with zero attached hydrogens (tertiary/aromatic N) is 3. The summed E-state index contributed by atoms with van der Waals surface area (Å²) in [6, 6.07) is 16.0. The summed E-state index contributed by atoms with van der Waals surface area (Å²) in [7, 11) is 1.86. The van der Waals surface area contributed by atoms with E-state index >= 15 is 0 Å². The van der Waals surface area contributed by atoms with Crippen molar-refractivity contribution in [1.29, 1.82) is 5.26 Å². The number of fused-ring (bicyclic) bond motifs is 1. The minimum absolute atomic E-state index is 0.328. The van der Waals surface area contributed by atoms with Gasteiger partial charge >= 0.3 is 0 Å². The van der Waals surface area contributed by atoms with Crippen LogP contribution in [0.3, 0.4) is 0 Å². The molecule has 102 valence electrons. The smallest absolute Gasteiger partial charge is 0.151 e. The number of halogens is 1.